The Labute approximate surface area is 162 Å². The van der Waals surface area contributed by atoms with Crippen LogP contribution in [0, 0.1) is 5.82 Å². The Morgan fingerprint density at radius 1 is 1.19 bits per heavy atom. The number of benzene rings is 2. The lowest BCUT2D eigenvalue weighted by Gasteiger charge is -2.17. The van der Waals surface area contributed by atoms with E-state index in [0.29, 0.717) is 25.1 Å². The number of nitrogens with one attached hydrogen (secondary N) is 1. The van der Waals surface area contributed by atoms with Crippen LogP contribution in [-0.4, -0.2) is 23.5 Å². The molecule has 2 aromatic carbocycles. The lowest BCUT2D eigenvalue weighted by atomic mass is 10.2. The third-order valence-electron chi connectivity index (χ3n) is 4.01. The van der Waals surface area contributed by atoms with E-state index in [4.69, 9.17) is 4.74 Å². The van der Waals surface area contributed by atoms with Crippen LogP contribution in [0.1, 0.15) is 19.0 Å². The van der Waals surface area contributed by atoms with Gasteiger partial charge in [-0.1, -0.05) is 37.3 Å². The van der Waals surface area contributed by atoms with Crippen LogP contribution >= 0.6 is 11.3 Å². The molecule has 27 heavy (non-hydrogen) atoms. The number of rotatable bonds is 8. The van der Waals surface area contributed by atoms with E-state index in [1.54, 1.807) is 11.3 Å². The number of thiazole rings is 1. The molecular weight excluding hydrogens is 363 g/mol. The van der Waals surface area contributed by atoms with E-state index in [-0.39, 0.29) is 11.7 Å². The summed E-state index contributed by atoms with van der Waals surface area (Å²) in [6.45, 7) is 2.36. The highest BCUT2D eigenvalue weighted by atomic mass is 32.1. The molecule has 0 aliphatic rings. The number of nitrogens with zero attached hydrogens (tertiary/aromatic N) is 1. The Bertz CT molecular complexity index is 865. The number of ether oxygens (including phenoxy) is 1. The second kappa shape index (κ2) is 9.28. The third kappa shape index (κ3) is 5.37. The first-order valence-electron chi connectivity index (χ1n) is 8.85. The van der Waals surface area contributed by atoms with Gasteiger partial charge in [0.15, 0.2) is 6.10 Å². The predicted molar refractivity (Wildman–Crippen MR) is 105 cm³/mol. The van der Waals surface area contributed by atoms with Gasteiger partial charge in [0, 0.05) is 23.9 Å². The predicted octanol–water partition coefficient (Wildman–Crippen LogP) is 4.47. The number of carbonyl (C=O) groups excluding carboxylic acids is 1. The largest absolute Gasteiger partial charge is 0.481 e. The molecule has 140 valence electrons. The molecule has 1 N–H and O–H groups in total. The standard InChI is InChI=1S/C21H21FN2O2S/c1-2-19(26-18-10-8-16(22)9-11-18)20(25)23-13-12-17-14-27-21(24-17)15-6-4-3-5-7-15/h3-11,14,19H,2,12-13H2,1H3,(H,23,25)/t19-/m1/s1. The maximum Gasteiger partial charge on any atom is 0.261 e. The first-order valence-corrected chi connectivity index (χ1v) is 9.73. The van der Waals surface area contributed by atoms with Crippen molar-refractivity contribution in [3.05, 3.63) is 71.5 Å². The maximum atomic E-state index is 13.0. The molecule has 3 aromatic rings. The Morgan fingerprint density at radius 2 is 1.93 bits per heavy atom. The van der Waals surface area contributed by atoms with Gasteiger partial charge in [0.1, 0.15) is 16.6 Å². The molecule has 0 aliphatic heterocycles. The fourth-order valence-corrected chi connectivity index (χ4v) is 3.42. The fraction of sp³-hybridized carbons (Fsp3) is 0.238. The van der Waals surface area contributed by atoms with Gasteiger partial charge in [-0.15, -0.1) is 11.3 Å². The quantitative estimate of drug-likeness (QED) is 0.624. The molecule has 6 heteroatoms. The van der Waals surface area contributed by atoms with E-state index < -0.39 is 6.10 Å². The SMILES string of the molecule is CC[C@@H](Oc1ccc(F)cc1)C(=O)NCCc1csc(-c2ccccc2)n1. The summed E-state index contributed by atoms with van der Waals surface area (Å²) in [5.74, 6) is -0.0382. The van der Waals surface area contributed by atoms with Gasteiger partial charge in [-0.25, -0.2) is 9.37 Å². The van der Waals surface area contributed by atoms with Gasteiger partial charge in [0.05, 0.1) is 5.69 Å². The summed E-state index contributed by atoms with van der Waals surface area (Å²) >= 11 is 1.60. The van der Waals surface area contributed by atoms with Crippen molar-refractivity contribution >= 4 is 17.2 Å². The Hall–Kier alpha value is -2.73. The third-order valence-corrected chi connectivity index (χ3v) is 4.95. The molecule has 1 atom stereocenters. The van der Waals surface area contributed by atoms with Crippen molar-refractivity contribution < 1.29 is 13.9 Å². The summed E-state index contributed by atoms with van der Waals surface area (Å²) in [6.07, 6.45) is 0.575. The van der Waals surface area contributed by atoms with E-state index in [1.165, 1.54) is 24.3 Å². The van der Waals surface area contributed by atoms with Crippen molar-refractivity contribution in [2.75, 3.05) is 6.54 Å². The van der Waals surface area contributed by atoms with Crippen molar-refractivity contribution in [1.82, 2.24) is 10.3 Å². The zero-order valence-corrected chi connectivity index (χ0v) is 15.8. The van der Waals surface area contributed by atoms with Crippen LogP contribution < -0.4 is 10.1 Å². The minimum absolute atomic E-state index is 0.180. The van der Waals surface area contributed by atoms with Gasteiger partial charge in [-0.3, -0.25) is 4.79 Å². The van der Waals surface area contributed by atoms with E-state index in [1.807, 2.05) is 42.6 Å². The van der Waals surface area contributed by atoms with Crippen molar-refractivity contribution in [3.63, 3.8) is 0 Å². The lowest BCUT2D eigenvalue weighted by molar-refractivity contribution is -0.128. The average molecular weight is 384 g/mol. The molecule has 0 bridgehead atoms. The van der Waals surface area contributed by atoms with Crippen LogP contribution in [0.2, 0.25) is 0 Å². The number of amides is 1. The lowest BCUT2D eigenvalue weighted by Crippen LogP contribution is -2.38. The van der Waals surface area contributed by atoms with E-state index in [2.05, 4.69) is 10.3 Å². The zero-order chi connectivity index (χ0) is 19.1. The minimum Gasteiger partial charge on any atom is -0.481 e. The van der Waals surface area contributed by atoms with Gasteiger partial charge in [-0.2, -0.15) is 0 Å². The number of halogens is 1. The van der Waals surface area contributed by atoms with E-state index >= 15 is 0 Å². The van der Waals surface area contributed by atoms with E-state index in [0.717, 1.165) is 16.3 Å². The molecule has 0 unspecified atom stereocenters. The molecule has 0 saturated heterocycles. The normalized spacial score (nSPS) is 11.8. The molecular formula is C21H21FN2O2S. The summed E-state index contributed by atoms with van der Waals surface area (Å²) in [7, 11) is 0. The van der Waals surface area contributed by atoms with Crippen LogP contribution in [0.3, 0.4) is 0 Å². The van der Waals surface area contributed by atoms with Crippen LogP contribution in [0.25, 0.3) is 10.6 Å². The zero-order valence-electron chi connectivity index (χ0n) is 15.0. The van der Waals surface area contributed by atoms with Crippen LogP contribution in [0.15, 0.2) is 60.0 Å². The Kier molecular flexibility index (Phi) is 6.54. The molecule has 0 saturated carbocycles. The highest BCUT2D eigenvalue weighted by Gasteiger charge is 2.18. The van der Waals surface area contributed by atoms with Crippen molar-refractivity contribution in [2.24, 2.45) is 0 Å². The van der Waals surface area contributed by atoms with Crippen molar-refractivity contribution in [3.8, 4) is 16.3 Å². The van der Waals surface area contributed by atoms with E-state index in [9.17, 15) is 9.18 Å². The monoisotopic (exact) mass is 384 g/mol. The summed E-state index contributed by atoms with van der Waals surface area (Å²) < 4.78 is 18.6. The van der Waals surface area contributed by atoms with Crippen molar-refractivity contribution in [1.29, 1.82) is 0 Å². The summed E-state index contributed by atoms with van der Waals surface area (Å²) in [4.78, 5) is 17.0. The second-order valence-corrected chi connectivity index (χ2v) is 6.88. The maximum absolute atomic E-state index is 13.0. The van der Waals surface area contributed by atoms with Crippen LogP contribution in [0.5, 0.6) is 5.75 Å². The van der Waals surface area contributed by atoms with Gasteiger partial charge in [0.25, 0.3) is 5.91 Å². The van der Waals surface area contributed by atoms with Gasteiger partial charge in [-0.05, 0) is 30.7 Å². The second-order valence-electron chi connectivity index (χ2n) is 6.02. The van der Waals surface area contributed by atoms with Crippen LogP contribution in [0.4, 0.5) is 4.39 Å². The molecule has 0 aliphatic carbocycles. The number of hydrogen-bond donors (Lipinski definition) is 1. The van der Waals surface area contributed by atoms with Crippen molar-refractivity contribution in [2.45, 2.75) is 25.9 Å². The van der Waals surface area contributed by atoms with Gasteiger partial charge < -0.3 is 10.1 Å². The van der Waals surface area contributed by atoms with Gasteiger partial charge >= 0.3 is 0 Å². The molecule has 1 amide bonds. The highest BCUT2D eigenvalue weighted by Crippen LogP contribution is 2.23. The molecule has 1 aromatic heterocycles. The summed E-state index contributed by atoms with van der Waals surface area (Å²) in [5, 5.41) is 5.88. The molecule has 0 radical (unpaired) electrons. The molecule has 3 rings (SSSR count). The molecule has 4 nitrogen and oxygen atoms in total. The first-order chi connectivity index (χ1) is 13.2. The smallest absolute Gasteiger partial charge is 0.261 e. The summed E-state index contributed by atoms with van der Waals surface area (Å²) in [5.41, 5.74) is 2.04. The molecule has 0 fully saturated rings. The van der Waals surface area contributed by atoms with Crippen LogP contribution in [-0.2, 0) is 11.2 Å². The number of hydrogen-bond acceptors (Lipinski definition) is 4. The first kappa shape index (κ1) is 19.0. The minimum atomic E-state index is -0.606. The molecule has 1 heterocycles. The van der Waals surface area contributed by atoms with Gasteiger partial charge in [0.2, 0.25) is 0 Å². The number of carbonyl (C=O) groups is 1. The Balaban J connectivity index is 1.49. The average Bonchev–Trinajstić information content (AvgIpc) is 3.17. The summed E-state index contributed by atoms with van der Waals surface area (Å²) in [6, 6.07) is 15.7. The number of aromatic nitrogens is 1. The fourth-order valence-electron chi connectivity index (χ4n) is 2.56. The highest BCUT2D eigenvalue weighted by molar-refractivity contribution is 7.13. The Morgan fingerprint density at radius 3 is 2.63 bits per heavy atom. The topological polar surface area (TPSA) is 51.2 Å². The molecule has 0 spiro atoms.